The summed E-state index contributed by atoms with van der Waals surface area (Å²) in [6, 6.07) is 11.8. The minimum Gasteiger partial charge on any atom is -0.484 e. The first-order valence-corrected chi connectivity index (χ1v) is 7.16. The normalized spacial score (nSPS) is 10.2. The zero-order valence-corrected chi connectivity index (χ0v) is 11.7. The van der Waals surface area contributed by atoms with Crippen molar-refractivity contribution < 1.29 is 9.53 Å². The van der Waals surface area contributed by atoms with E-state index in [4.69, 9.17) is 4.74 Å². The van der Waals surface area contributed by atoms with E-state index < -0.39 is 0 Å². The van der Waals surface area contributed by atoms with Gasteiger partial charge in [0.15, 0.2) is 6.61 Å². The second-order valence-corrected chi connectivity index (χ2v) is 5.17. The number of thiophene rings is 1. The maximum Gasteiger partial charge on any atom is 0.258 e. The molecule has 0 saturated heterocycles. The van der Waals surface area contributed by atoms with Crippen molar-refractivity contribution in [2.24, 2.45) is 0 Å². The van der Waals surface area contributed by atoms with Gasteiger partial charge in [0.1, 0.15) is 5.75 Å². The van der Waals surface area contributed by atoms with Crippen LogP contribution in [-0.4, -0.2) is 12.5 Å². The van der Waals surface area contributed by atoms with Crippen LogP contribution >= 0.6 is 11.3 Å². The molecule has 1 aromatic carbocycles. The van der Waals surface area contributed by atoms with Gasteiger partial charge in [0.05, 0.1) is 6.54 Å². The highest BCUT2D eigenvalue weighted by molar-refractivity contribution is 7.09. The summed E-state index contributed by atoms with van der Waals surface area (Å²) in [5.41, 5.74) is 1.26. The van der Waals surface area contributed by atoms with Crippen LogP contribution in [0, 0.1) is 0 Å². The molecule has 0 aliphatic heterocycles. The fraction of sp³-hybridized carbons (Fsp3) is 0.267. The third-order valence-electron chi connectivity index (χ3n) is 2.74. The summed E-state index contributed by atoms with van der Waals surface area (Å²) in [5.74, 6) is 0.622. The highest BCUT2D eigenvalue weighted by atomic mass is 32.1. The van der Waals surface area contributed by atoms with Crippen molar-refractivity contribution in [3.8, 4) is 5.75 Å². The monoisotopic (exact) mass is 275 g/mol. The molecule has 0 fully saturated rings. The molecule has 2 rings (SSSR count). The Hall–Kier alpha value is -1.81. The van der Waals surface area contributed by atoms with E-state index >= 15 is 0 Å². The van der Waals surface area contributed by atoms with E-state index in [9.17, 15) is 4.79 Å². The number of nitrogens with one attached hydrogen (secondary N) is 1. The molecule has 4 heteroatoms. The van der Waals surface area contributed by atoms with Gasteiger partial charge in [-0.25, -0.2) is 0 Å². The van der Waals surface area contributed by atoms with Crippen LogP contribution in [0.1, 0.15) is 17.4 Å². The van der Waals surface area contributed by atoms with Gasteiger partial charge in [-0.2, -0.15) is 0 Å². The van der Waals surface area contributed by atoms with Gasteiger partial charge in [0, 0.05) is 4.88 Å². The molecule has 0 saturated carbocycles. The maximum atomic E-state index is 11.6. The molecule has 1 heterocycles. The fourth-order valence-electron chi connectivity index (χ4n) is 1.62. The van der Waals surface area contributed by atoms with Crippen molar-refractivity contribution in [3.63, 3.8) is 0 Å². The minimum absolute atomic E-state index is 0.0524. The van der Waals surface area contributed by atoms with E-state index in [0.717, 1.165) is 17.0 Å². The molecule has 0 bridgehead atoms. The van der Waals surface area contributed by atoms with Gasteiger partial charge in [-0.05, 0) is 35.6 Å². The Morgan fingerprint density at radius 2 is 2.05 bits per heavy atom. The highest BCUT2D eigenvalue weighted by Crippen LogP contribution is 2.12. The van der Waals surface area contributed by atoms with E-state index in [1.54, 1.807) is 11.3 Å². The topological polar surface area (TPSA) is 38.3 Å². The number of benzene rings is 1. The number of carbonyl (C=O) groups is 1. The first kappa shape index (κ1) is 13.6. The summed E-state index contributed by atoms with van der Waals surface area (Å²) >= 11 is 1.63. The second-order valence-electron chi connectivity index (χ2n) is 4.14. The zero-order valence-electron chi connectivity index (χ0n) is 10.9. The van der Waals surface area contributed by atoms with Crippen LogP contribution in [0.3, 0.4) is 0 Å². The number of hydrogen-bond donors (Lipinski definition) is 1. The van der Waals surface area contributed by atoms with Crippen molar-refractivity contribution in [3.05, 3.63) is 52.2 Å². The molecule has 1 N–H and O–H groups in total. The average Bonchev–Trinajstić information content (AvgIpc) is 2.96. The molecular weight excluding hydrogens is 258 g/mol. The molecule has 100 valence electrons. The number of amides is 1. The van der Waals surface area contributed by atoms with E-state index in [0.29, 0.717) is 6.54 Å². The Balaban J connectivity index is 1.73. The van der Waals surface area contributed by atoms with E-state index in [2.05, 4.69) is 12.2 Å². The molecule has 2 aromatic rings. The Morgan fingerprint density at radius 1 is 1.26 bits per heavy atom. The maximum absolute atomic E-state index is 11.6. The summed E-state index contributed by atoms with van der Waals surface area (Å²) in [7, 11) is 0. The number of ether oxygens (including phenoxy) is 1. The molecule has 0 spiro atoms. The quantitative estimate of drug-likeness (QED) is 0.880. The number of aryl methyl sites for hydroxylation is 1. The van der Waals surface area contributed by atoms with Crippen LogP contribution in [-0.2, 0) is 17.8 Å². The van der Waals surface area contributed by atoms with Gasteiger partial charge in [0.2, 0.25) is 0 Å². The summed E-state index contributed by atoms with van der Waals surface area (Å²) < 4.78 is 5.43. The van der Waals surface area contributed by atoms with Crippen molar-refractivity contribution in [1.29, 1.82) is 0 Å². The van der Waals surface area contributed by atoms with Crippen molar-refractivity contribution >= 4 is 17.2 Å². The molecule has 3 nitrogen and oxygen atoms in total. The van der Waals surface area contributed by atoms with Gasteiger partial charge in [0.25, 0.3) is 5.91 Å². The lowest BCUT2D eigenvalue weighted by Crippen LogP contribution is -2.28. The fourth-order valence-corrected chi connectivity index (χ4v) is 2.26. The Labute approximate surface area is 117 Å². The first-order chi connectivity index (χ1) is 9.28. The lowest BCUT2D eigenvalue weighted by atomic mass is 10.2. The SMILES string of the molecule is CCc1ccc(OCC(=O)NCc2cccs2)cc1. The minimum atomic E-state index is -0.104. The summed E-state index contributed by atoms with van der Waals surface area (Å²) in [6.45, 7) is 2.72. The second kappa shape index (κ2) is 6.95. The molecule has 0 radical (unpaired) electrons. The van der Waals surface area contributed by atoms with Crippen LogP contribution < -0.4 is 10.1 Å². The van der Waals surface area contributed by atoms with Crippen LogP contribution in [0.2, 0.25) is 0 Å². The number of carbonyl (C=O) groups excluding carboxylic acids is 1. The summed E-state index contributed by atoms with van der Waals surface area (Å²) in [6.07, 6.45) is 1.00. The van der Waals surface area contributed by atoms with Gasteiger partial charge < -0.3 is 10.1 Å². The molecule has 19 heavy (non-hydrogen) atoms. The van der Waals surface area contributed by atoms with E-state index in [1.807, 2.05) is 41.8 Å². The molecule has 0 unspecified atom stereocenters. The molecule has 0 atom stereocenters. The van der Waals surface area contributed by atoms with Crippen LogP contribution in [0.5, 0.6) is 5.75 Å². The molecule has 1 aromatic heterocycles. The number of rotatable bonds is 6. The Morgan fingerprint density at radius 3 is 2.68 bits per heavy atom. The lowest BCUT2D eigenvalue weighted by molar-refractivity contribution is -0.123. The highest BCUT2D eigenvalue weighted by Gasteiger charge is 2.03. The molecule has 1 amide bonds. The number of hydrogen-bond acceptors (Lipinski definition) is 3. The van der Waals surface area contributed by atoms with E-state index in [1.165, 1.54) is 5.56 Å². The van der Waals surface area contributed by atoms with Gasteiger partial charge in [-0.1, -0.05) is 25.1 Å². The third kappa shape index (κ3) is 4.41. The van der Waals surface area contributed by atoms with Crippen molar-refractivity contribution in [2.75, 3.05) is 6.61 Å². The largest absolute Gasteiger partial charge is 0.484 e. The van der Waals surface area contributed by atoms with Crippen LogP contribution in [0.25, 0.3) is 0 Å². The van der Waals surface area contributed by atoms with E-state index in [-0.39, 0.29) is 12.5 Å². The zero-order chi connectivity index (χ0) is 13.5. The molecule has 0 aliphatic carbocycles. The predicted molar refractivity (Wildman–Crippen MR) is 77.5 cm³/mol. The standard InChI is InChI=1S/C15H17NO2S/c1-2-12-5-7-13(8-6-12)18-11-15(17)16-10-14-4-3-9-19-14/h3-9H,2,10-11H2,1H3,(H,16,17). The molecular formula is C15H17NO2S. The van der Waals surface area contributed by atoms with Gasteiger partial charge >= 0.3 is 0 Å². The van der Waals surface area contributed by atoms with Crippen molar-refractivity contribution in [1.82, 2.24) is 5.32 Å². The van der Waals surface area contributed by atoms with Gasteiger partial charge in [-0.3, -0.25) is 4.79 Å². The Bertz CT molecular complexity index is 505. The molecule has 0 aliphatic rings. The smallest absolute Gasteiger partial charge is 0.258 e. The third-order valence-corrected chi connectivity index (χ3v) is 3.62. The van der Waals surface area contributed by atoms with Crippen molar-refractivity contribution in [2.45, 2.75) is 19.9 Å². The summed E-state index contributed by atoms with van der Waals surface area (Å²) in [5, 5.41) is 4.82. The van der Waals surface area contributed by atoms with Crippen LogP contribution in [0.15, 0.2) is 41.8 Å². The first-order valence-electron chi connectivity index (χ1n) is 6.28. The lowest BCUT2D eigenvalue weighted by Gasteiger charge is -2.07. The average molecular weight is 275 g/mol. The Kier molecular flexibility index (Phi) is 4.98. The summed E-state index contributed by atoms with van der Waals surface area (Å²) in [4.78, 5) is 12.7. The predicted octanol–water partition coefficient (Wildman–Crippen LogP) is 3.01. The van der Waals surface area contributed by atoms with Gasteiger partial charge in [-0.15, -0.1) is 11.3 Å². The van der Waals surface area contributed by atoms with Crippen LogP contribution in [0.4, 0.5) is 0 Å².